The summed E-state index contributed by atoms with van der Waals surface area (Å²) in [5.41, 5.74) is 0.0963. The molecule has 0 aromatic rings. The van der Waals surface area contributed by atoms with Crippen molar-refractivity contribution in [2.24, 2.45) is 0 Å². The van der Waals surface area contributed by atoms with Gasteiger partial charge in [-0.1, -0.05) is 19.7 Å². The summed E-state index contributed by atoms with van der Waals surface area (Å²) >= 11 is 0. The maximum atomic E-state index is 11.2. The first-order valence-electron chi connectivity index (χ1n) is 5.32. The Labute approximate surface area is 111 Å². The molecular formula is C13H16O6. The molecule has 0 spiro atoms. The molecule has 0 saturated heterocycles. The fourth-order valence-electron chi connectivity index (χ4n) is 1.08. The van der Waals surface area contributed by atoms with E-state index in [9.17, 15) is 14.4 Å². The van der Waals surface area contributed by atoms with E-state index < -0.39 is 24.0 Å². The van der Waals surface area contributed by atoms with E-state index in [1.165, 1.54) is 7.11 Å². The second kappa shape index (κ2) is 8.68. The summed E-state index contributed by atoms with van der Waals surface area (Å²) in [6.45, 7) is 9.74. The summed E-state index contributed by atoms with van der Waals surface area (Å²) in [5, 5.41) is 0. The van der Waals surface area contributed by atoms with E-state index in [0.717, 1.165) is 12.2 Å². The quantitative estimate of drug-likeness (QED) is 0.370. The van der Waals surface area contributed by atoms with Crippen molar-refractivity contribution in [3.8, 4) is 0 Å². The molecule has 1 atom stereocenters. The average molecular weight is 268 g/mol. The Bertz CT molecular complexity index is 396. The molecular weight excluding hydrogens is 252 g/mol. The predicted molar refractivity (Wildman–Crippen MR) is 67.0 cm³/mol. The van der Waals surface area contributed by atoms with Crippen molar-refractivity contribution in [1.82, 2.24) is 0 Å². The maximum absolute atomic E-state index is 11.2. The van der Waals surface area contributed by atoms with Gasteiger partial charge in [0.25, 0.3) is 0 Å². The molecule has 0 heterocycles. The standard InChI is InChI=1S/C13H16O6/c1-5-11(14)18-8-10(19-12(15)6-2)7-9(3)13(16)17-4/h5-6,10H,1-3,7-8H2,4H3. The van der Waals surface area contributed by atoms with Gasteiger partial charge in [-0.15, -0.1) is 0 Å². The number of carbonyl (C=O) groups is 3. The van der Waals surface area contributed by atoms with Gasteiger partial charge in [0.2, 0.25) is 0 Å². The number of esters is 3. The zero-order valence-corrected chi connectivity index (χ0v) is 10.7. The highest BCUT2D eigenvalue weighted by Gasteiger charge is 2.19. The van der Waals surface area contributed by atoms with Gasteiger partial charge in [0, 0.05) is 24.1 Å². The fourth-order valence-corrected chi connectivity index (χ4v) is 1.08. The summed E-state index contributed by atoms with van der Waals surface area (Å²) in [7, 11) is 1.20. The molecule has 0 aliphatic heterocycles. The largest absolute Gasteiger partial charge is 0.466 e. The second-order valence-corrected chi connectivity index (χ2v) is 3.40. The van der Waals surface area contributed by atoms with Crippen molar-refractivity contribution in [3.63, 3.8) is 0 Å². The second-order valence-electron chi connectivity index (χ2n) is 3.40. The first-order chi connectivity index (χ1) is 8.94. The third-order valence-corrected chi connectivity index (χ3v) is 1.98. The molecule has 0 radical (unpaired) electrons. The van der Waals surface area contributed by atoms with Gasteiger partial charge < -0.3 is 14.2 Å². The molecule has 19 heavy (non-hydrogen) atoms. The zero-order valence-electron chi connectivity index (χ0n) is 10.7. The van der Waals surface area contributed by atoms with Crippen molar-refractivity contribution in [3.05, 3.63) is 37.5 Å². The molecule has 0 saturated carbocycles. The Morgan fingerprint density at radius 2 is 1.74 bits per heavy atom. The summed E-state index contributed by atoms with van der Waals surface area (Å²) in [6.07, 6.45) is 1.07. The monoisotopic (exact) mass is 268 g/mol. The molecule has 0 aromatic carbocycles. The fraction of sp³-hybridized carbons (Fsp3) is 0.308. The summed E-state index contributed by atoms with van der Waals surface area (Å²) in [4.78, 5) is 33.2. The Kier molecular flexibility index (Phi) is 7.60. The lowest BCUT2D eigenvalue weighted by Gasteiger charge is -2.17. The van der Waals surface area contributed by atoms with Crippen LogP contribution in [0, 0.1) is 0 Å². The number of methoxy groups -OCH3 is 1. The Hall–Kier alpha value is -2.37. The zero-order chi connectivity index (χ0) is 14.8. The van der Waals surface area contributed by atoms with Gasteiger partial charge in [-0.3, -0.25) is 0 Å². The van der Waals surface area contributed by atoms with Crippen molar-refractivity contribution < 1.29 is 28.6 Å². The highest BCUT2D eigenvalue weighted by Crippen LogP contribution is 2.10. The number of ether oxygens (including phenoxy) is 3. The molecule has 104 valence electrons. The molecule has 1 unspecified atom stereocenters. The minimum atomic E-state index is -0.846. The average Bonchev–Trinajstić information content (AvgIpc) is 2.42. The third-order valence-electron chi connectivity index (χ3n) is 1.98. The molecule has 0 aliphatic carbocycles. The summed E-state index contributed by atoms with van der Waals surface area (Å²) < 4.78 is 14.1. The number of carbonyl (C=O) groups excluding carboxylic acids is 3. The van der Waals surface area contributed by atoms with Gasteiger partial charge in [0.05, 0.1) is 7.11 Å². The molecule has 0 bridgehead atoms. The highest BCUT2D eigenvalue weighted by molar-refractivity contribution is 5.88. The Morgan fingerprint density at radius 1 is 1.16 bits per heavy atom. The van der Waals surface area contributed by atoms with Crippen LogP contribution in [0.3, 0.4) is 0 Å². The lowest BCUT2D eigenvalue weighted by molar-refractivity contribution is -0.153. The molecule has 0 aromatic heterocycles. The van der Waals surface area contributed by atoms with Crippen LogP contribution in [-0.4, -0.2) is 37.7 Å². The first-order valence-corrected chi connectivity index (χ1v) is 5.32. The lowest BCUT2D eigenvalue weighted by Crippen LogP contribution is -2.26. The van der Waals surface area contributed by atoms with Gasteiger partial charge in [-0.05, 0) is 0 Å². The van der Waals surface area contributed by atoms with Gasteiger partial charge in [-0.2, -0.15) is 0 Å². The Balaban J connectivity index is 4.56. The lowest BCUT2D eigenvalue weighted by atomic mass is 10.1. The van der Waals surface area contributed by atoms with Crippen molar-refractivity contribution in [1.29, 1.82) is 0 Å². The SMILES string of the molecule is C=CC(=O)OCC(CC(=C)C(=O)OC)OC(=O)C=C. The number of hydrogen-bond donors (Lipinski definition) is 0. The van der Waals surface area contributed by atoms with Gasteiger partial charge in [0.1, 0.15) is 12.7 Å². The van der Waals surface area contributed by atoms with Crippen LogP contribution in [-0.2, 0) is 28.6 Å². The molecule has 6 nitrogen and oxygen atoms in total. The third kappa shape index (κ3) is 6.82. The van der Waals surface area contributed by atoms with E-state index in [1.54, 1.807) is 0 Å². The van der Waals surface area contributed by atoms with Crippen LogP contribution in [0.25, 0.3) is 0 Å². The Morgan fingerprint density at radius 3 is 2.21 bits per heavy atom. The van der Waals surface area contributed by atoms with Crippen LogP contribution in [0.4, 0.5) is 0 Å². The number of hydrogen-bond acceptors (Lipinski definition) is 6. The van der Waals surface area contributed by atoms with Crippen LogP contribution in [0.15, 0.2) is 37.5 Å². The predicted octanol–water partition coefficient (Wildman–Crippen LogP) is 0.933. The molecule has 0 amide bonds. The van der Waals surface area contributed by atoms with Gasteiger partial charge >= 0.3 is 17.9 Å². The van der Waals surface area contributed by atoms with Gasteiger partial charge in [-0.25, -0.2) is 14.4 Å². The molecule has 6 heteroatoms. The van der Waals surface area contributed by atoms with Crippen LogP contribution in [0.1, 0.15) is 6.42 Å². The van der Waals surface area contributed by atoms with Crippen LogP contribution >= 0.6 is 0 Å². The smallest absolute Gasteiger partial charge is 0.333 e. The number of rotatable bonds is 8. The maximum Gasteiger partial charge on any atom is 0.333 e. The summed E-state index contributed by atoms with van der Waals surface area (Å²) in [6, 6.07) is 0. The van der Waals surface area contributed by atoms with E-state index in [-0.39, 0.29) is 18.6 Å². The molecule has 0 rings (SSSR count). The normalized spacial score (nSPS) is 10.8. The van der Waals surface area contributed by atoms with Crippen molar-refractivity contribution >= 4 is 17.9 Å². The van der Waals surface area contributed by atoms with Crippen LogP contribution in [0.5, 0.6) is 0 Å². The minimum absolute atomic E-state index is 0.0172. The van der Waals surface area contributed by atoms with Crippen molar-refractivity contribution in [2.45, 2.75) is 12.5 Å². The first kappa shape index (κ1) is 16.6. The van der Waals surface area contributed by atoms with Crippen LogP contribution < -0.4 is 0 Å². The summed E-state index contributed by atoms with van der Waals surface area (Å²) in [5.74, 6) is -1.99. The van der Waals surface area contributed by atoms with E-state index in [4.69, 9.17) is 9.47 Å². The molecule has 0 aliphatic rings. The van der Waals surface area contributed by atoms with Crippen molar-refractivity contribution in [2.75, 3.05) is 13.7 Å². The highest BCUT2D eigenvalue weighted by atomic mass is 16.6. The van der Waals surface area contributed by atoms with E-state index in [2.05, 4.69) is 24.5 Å². The minimum Gasteiger partial charge on any atom is -0.466 e. The van der Waals surface area contributed by atoms with E-state index in [1.807, 2.05) is 0 Å². The molecule has 0 N–H and O–H groups in total. The van der Waals surface area contributed by atoms with Gasteiger partial charge in [0.15, 0.2) is 0 Å². The molecule has 0 fully saturated rings. The van der Waals surface area contributed by atoms with E-state index in [0.29, 0.717) is 0 Å². The van der Waals surface area contributed by atoms with Crippen LogP contribution in [0.2, 0.25) is 0 Å². The topological polar surface area (TPSA) is 78.9 Å². The van der Waals surface area contributed by atoms with E-state index >= 15 is 0 Å².